The lowest BCUT2D eigenvalue weighted by molar-refractivity contribution is -0.141. The van der Waals surface area contributed by atoms with Gasteiger partial charge in [0.25, 0.3) is 0 Å². The third kappa shape index (κ3) is 5.70. The maximum absolute atomic E-state index is 12.7. The molecule has 5 heteroatoms. The lowest BCUT2D eigenvalue weighted by atomic mass is 10.0. The van der Waals surface area contributed by atoms with Crippen LogP contribution in [0, 0.1) is 0 Å². The van der Waals surface area contributed by atoms with Gasteiger partial charge in [0.2, 0.25) is 11.8 Å². The zero-order valence-corrected chi connectivity index (χ0v) is 15.1. The van der Waals surface area contributed by atoms with Crippen molar-refractivity contribution in [3.05, 3.63) is 71.8 Å². The third-order valence-electron chi connectivity index (χ3n) is 4.18. The van der Waals surface area contributed by atoms with Crippen LogP contribution in [0.5, 0.6) is 0 Å². The van der Waals surface area contributed by atoms with E-state index >= 15 is 0 Å². The van der Waals surface area contributed by atoms with Crippen LogP contribution in [0.2, 0.25) is 0 Å². The Hall–Kier alpha value is -2.66. The van der Waals surface area contributed by atoms with Gasteiger partial charge in [-0.2, -0.15) is 0 Å². The van der Waals surface area contributed by atoms with Crippen molar-refractivity contribution in [1.82, 2.24) is 10.2 Å². The van der Waals surface area contributed by atoms with E-state index in [2.05, 4.69) is 5.32 Å². The second kappa shape index (κ2) is 10.4. The largest absolute Gasteiger partial charge is 0.395 e. The molecule has 2 aromatic carbocycles. The van der Waals surface area contributed by atoms with Crippen molar-refractivity contribution >= 4 is 11.8 Å². The number of carbonyl (C=O) groups is 2. The van der Waals surface area contributed by atoms with Gasteiger partial charge in [0.05, 0.1) is 6.61 Å². The molecule has 0 aliphatic heterocycles. The Labute approximate surface area is 154 Å². The summed E-state index contributed by atoms with van der Waals surface area (Å²) in [6, 6.07) is 18.7. The minimum atomic E-state index is -0.628. The maximum atomic E-state index is 12.7. The predicted octanol–water partition coefficient (Wildman–Crippen LogP) is 2.15. The monoisotopic (exact) mass is 354 g/mol. The molecule has 2 N–H and O–H groups in total. The van der Waals surface area contributed by atoms with E-state index in [-0.39, 0.29) is 25.0 Å². The molecule has 0 radical (unpaired) electrons. The molecule has 0 heterocycles. The molecule has 5 nitrogen and oxygen atoms in total. The molecule has 2 rings (SSSR count). The summed E-state index contributed by atoms with van der Waals surface area (Å²) in [7, 11) is 0. The number of hydrogen-bond acceptors (Lipinski definition) is 3. The van der Waals surface area contributed by atoms with Crippen LogP contribution in [0.15, 0.2) is 60.7 Å². The number of nitrogens with zero attached hydrogens (tertiary/aromatic N) is 1. The van der Waals surface area contributed by atoms with Gasteiger partial charge >= 0.3 is 0 Å². The highest BCUT2D eigenvalue weighted by Gasteiger charge is 2.29. The van der Waals surface area contributed by atoms with Crippen LogP contribution in [0.4, 0.5) is 0 Å². The minimum Gasteiger partial charge on any atom is -0.395 e. The fourth-order valence-corrected chi connectivity index (χ4v) is 2.83. The molecule has 0 saturated carbocycles. The highest BCUT2D eigenvalue weighted by atomic mass is 16.3. The number of rotatable bonds is 9. The molecule has 0 aromatic heterocycles. The van der Waals surface area contributed by atoms with E-state index in [1.54, 1.807) is 11.8 Å². The van der Waals surface area contributed by atoms with Crippen LogP contribution >= 0.6 is 0 Å². The third-order valence-corrected chi connectivity index (χ3v) is 4.18. The topological polar surface area (TPSA) is 69.6 Å². The van der Waals surface area contributed by atoms with Crippen LogP contribution in [0.1, 0.15) is 24.5 Å². The smallest absolute Gasteiger partial charge is 0.243 e. The molecule has 0 unspecified atom stereocenters. The first-order chi connectivity index (χ1) is 12.7. The van der Waals surface area contributed by atoms with Gasteiger partial charge in [0, 0.05) is 25.9 Å². The van der Waals surface area contributed by atoms with Crippen molar-refractivity contribution in [3.63, 3.8) is 0 Å². The molecule has 138 valence electrons. The summed E-state index contributed by atoms with van der Waals surface area (Å²) in [5.41, 5.74) is 1.96. The van der Waals surface area contributed by atoms with E-state index < -0.39 is 6.04 Å². The standard InChI is InChI=1S/C21H26N2O3/c1-2-20(25)23(16-18-11-7-4-8-12-18)19(21(26)22-13-14-24)15-17-9-5-3-6-10-17/h3-12,19,24H,2,13-16H2,1H3,(H,22,26)/t19-/m0/s1. The molecule has 0 spiro atoms. The molecule has 26 heavy (non-hydrogen) atoms. The Balaban J connectivity index is 2.29. The predicted molar refractivity (Wildman–Crippen MR) is 101 cm³/mol. The van der Waals surface area contributed by atoms with Crippen molar-refractivity contribution in [3.8, 4) is 0 Å². The fraction of sp³-hybridized carbons (Fsp3) is 0.333. The van der Waals surface area contributed by atoms with E-state index in [0.717, 1.165) is 11.1 Å². The van der Waals surface area contributed by atoms with E-state index in [1.807, 2.05) is 60.7 Å². The van der Waals surface area contributed by atoms with Crippen LogP contribution in [-0.4, -0.2) is 41.0 Å². The summed E-state index contributed by atoms with van der Waals surface area (Å²) in [6.07, 6.45) is 0.752. The Bertz CT molecular complexity index is 689. The van der Waals surface area contributed by atoms with Crippen molar-refractivity contribution in [1.29, 1.82) is 0 Å². The normalized spacial score (nSPS) is 11.6. The van der Waals surface area contributed by atoms with Gasteiger partial charge in [-0.15, -0.1) is 0 Å². The first-order valence-corrected chi connectivity index (χ1v) is 8.91. The Morgan fingerprint density at radius 3 is 2.12 bits per heavy atom. The molecular formula is C21H26N2O3. The van der Waals surface area contributed by atoms with E-state index in [4.69, 9.17) is 5.11 Å². The van der Waals surface area contributed by atoms with E-state index in [0.29, 0.717) is 19.4 Å². The van der Waals surface area contributed by atoms with Gasteiger partial charge in [-0.1, -0.05) is 67.6 Å². The molecule has 0 fully saturated rings. The average molecular weight is 354 g/mol. The Morgan fingerprint density at radius 1 is 1.00 bits per heavy atom. The minimum absolute atomic E-state index is 0.0751. The molecule has 0 aliphatic rings. The van der Waals surface area contributed by atoms with E-state index in [1.165, 1.54) is 0 Å². The lowest BCUT2D eigenvalue weighted by Gasteiger charge is -2.31. The van der Waals surface area contributed by atoms with Gasteiger partial charge in [-0.3, -0.25) is 9.59 Å². The number of aliphatic hydroxyl groups excluding tert-OH is 1. The van der Waals surface area contributed by atoms with Gasteiger partial charge in [0.1, 0.15) is 6.04 Å². The highest BCUT2D eigenvalue weighted by Crippen LogP contribution is 2.15. The summed E-state index contributed by atoms with van der Waals surface area (Å²) < 4.78 is 0. The highest BCUT2D eigenvalue weighted by molar-refractivity contribution is 5.87. The molecule has 1 atom stereocenters. The van der Waals surface area contributed by atoms with Crippen LogP contribution < -0.4 is 5.32 Å². The molecule has 0 saturated heterocycles. The number of amides is 2. The molecular weight excluding hydrogens is 328 g/mol. The lowest BCUT2D eigenvalue weighted by Crippen LogP contribution is -2.50. The van der Waals surface area contributed by atoms with Gasteiger partial charge in [-0.05, 0) is 11.1 Å². The molecule has 2 aromatic rings. The fourth-order valence-electron chi connectivity index (χ4n) is 2.83. The number of nitrogens with one attached hydrogen (secondary N) is 1. The zero-order chi connectivity index (χ0) is 18.8. The number of aliphatic hydroxyl groups is 1. The number of benzene rings is 2. The molecule has 0 bridgehead atoms. The summed E-state index contributed by atoms with van der Waals surface area (Å²) in [5.74, 6) is -0.324. The quantitative estimate of drug-likeness (QED) is 0.725. The van der Waals surface area contributed by atoms with Crippen molar-refractivity contribution < 1.29 is 14.7 Å². The van der Waals surface area contributed by atoms with Crippen LogP contribution in [-0.2, 0) is 22.6 Å². The summed E-state index contributed by atoms with van der Waals surface area (Å²) in [5, 5.41) is 11.7. The van der Waals surface area contributed by atoms with Crippen molar-refractivity contribution in [2.24, 2.45) is 0 Å². The van der Waals surface area contributed by atoms with Crippen LogP contribution in [0.25, 0.3) is 0 Å². The van der Waals surface area contributed by atoms with E-state index in [9.17, 15) is 9.59 Å². The van der Waals surface area contributed by atoms with Gasteiger partial charge < -0.3 is 15.3 Å². The Morgan fingerprint density at radius 2 is 1.58 bits per heavy atom. The summed E-state index contributed by atoms with van der Waals surface area (Å²) in [6.45, 7) is 2.21. The first kappa shape index (κ1) is 19.7. The number of hydrogen-bond donors (Lipinski definition) is 2. The second-order valence-electron chi connectivity index (χ2n) is 6.08. The van der Waals surface area contributed by atoms with Gasteiger partial charge in [0.15, 0.2) is 0 Å². The molecule has 2 amide bonds. The average Bonchev–Trinajstić information content (AvgIpc) is 2.69. The Kier molecular flexibility index (Phi) is 7.83. The second-order valence-corrected chi connectivity index (χ2v) is 6.08. The van der Waals surface area contributed by atoms with Gasteiger partial charge in [-0.25, -0.2) is 0 Å². The molecule has 0 aliphatic carbocycles. The zero-order valence-electron chi connectivity index (χ0n) is 15.1. The van der Waals surface area contributed by atoms with Crippen molar-refractivity contribution in [2.75, 3.05) is 13.2 Å². The summed E-state index contributed by atoms with van der Waals surface area (Å²) >= 11 is 0. The SMILES string of the molecule is CCC(=O)N(Cc1ccccc1)[C@@H](Cc1ccccc1)C(=O)NCCO. The first-order valence-electron chi connectivity index (χ1n) is 8.91. The van der Waals surface area contributed by atoms with Crippen molar-refractivity contribution in [2.45, 2.75) is 32.4 Å². The summed E-state index contributed by atoms with van der Waals surface area (Å²) in [4.78, 5) is 27.0. The maximum Gasteiger partial charge on any atom is 0.243 e. The van der Waals surface area contributed by atoms with Crippen LogP contribution in [0.3, 0.4) is 0 Å². The number of carbonyl (C=O) groups excluding carboxylic acids is 2.